The Kier molecular flexibility index (Phi) is 7.39. The van der Waals surface area contributed by atoms with Crippen LogP contribution < -0.4 is 15.5 Å². The van der Waals surface area contributed by atoms with Crippen molar-refractivity contribution in [2.24, 2.45) is 0 Å². The van der Waals surface area contributed by atoms with Crippen molar-refractivity contribution in [1.82, 2.24) is 20.1 Å². The van der Waals surface area contributed by atoms with Gasteiger partial charge < -0.3 is 25.3 Å². The fourth-order valence-electron chi connectivity index (χ4n) is 4.17. The largest absolute Gasteiger partial charge is 0.353 e. The Morgan fingerprint density at radius 1 is 0.879 bits per heavy atom. The number of anilines is 2. The van der Waals surface area contributed by atoms with Gasteiger partial charge in [-0.2, -0.15) is 0 Å². The molecule has 174 valence electrons. The van der Waals surface area contributed by atoms with Gasteiger partial charge in [-0.25, -0.2) is 9.78 Å². The molecule has 2 N–H and O–H groups in total. The minimum absolute atomic E-state index is 0.00898. The minimum Gasteiger partial charge on any atom is -0.353 e. The Balaban J connectivity index is 1.18. The van der Waals surface area contributed by atoms with Crippen molar-refractivity contribution in [3.8, 4) is 0 Å². The van der Waals surface area contributed by atoms with E-state index < -0.39 is 6.03 Å². The number of amides is 4. The van der Waals surface area contributed by atoms with Gasteiger partial charge in [0.15, 0.2) is 0 Å². The number of likely N-dealkylation sites (tertiary alicyclic amines) is 1. The maximum atomic E-state index is 12.5. The summed E-state index contributed by atoms with van der Waals surface area (Å²) in [6.07, 6.45) is 4.07. The number of nitrogens with zero attached hydrogens (tertiary/aromatic N) is 4. The van der Waals surface area contributed by atoms with Crippen LogP contribution in [-0.4, -0.2) is 78.4 Å². The summed E-state index contributed by atoms with van der Waals surface area (Å²) in [7, 11) is 0. The molecule has 33 heavy (non-hydrogen) atoms. The predicted molar refractivity (Wildman–Crippen MR) is 126 cm³/mol. The number of hydrogen-bond acceptors (Lipinski definition) is 5. The first-order valence-corrected chi connectivity index (χ1v) is 11.5. The first-order chi connectivity index (χ1) is 16.1. The van der Waals surface area contributed by atoms with Crippen molar-refractivity contribution in [2.45, 2.75) is 19.3 Å². The molecular weight excluding hydrogens is 420 g/mol. The van der Waals surface area contributed by atoms with Crippen molar-refractivity contribution >= 4 is 29.4 Å². The van der Waals surface area contributed by atoms with E-state index in [0.717, 1.165) is 44.8 Å². The molecule has 0 radical (unpaired) electrons. The van der Waals surface area contributed by atoms with Crippen LogP contribution in [-0.2, 0) is 4.79 Å². The first-order valence-electron chi connectivity index (χ1n) is 11.5. The summed E-state index contributed by atoms with van der Waals surface area (Å²) >= 11 is 0. The van der Waals surface area contributed by atoms with E-state index in [1.807, 2.05) is 28.0 Å². The molecular formula is C24H30N6O3. The molecule has 0 atom stereocenters. The van der Waals surface area contributed by atoms with Gasteiger partial charge in [-0.05, 0) is 43.2 Å². The molecule has 0 aliphatic carbocycles. The molecule has 2 fully saturated rings. The van der Waals surface area contributed by atoms with E-state index >= 15 is 0 Å². The number of carbonyl (C=O) groups excluding carboxylic acids is 3. The number of piperazine rings is 1. The van der Waals surface area contributed by atoms with Gasteiger partial charge in [-0.1, -0.05) is 12.1 Å². The quantitative estimate of drug-likeness (QED) is 0.703. The highest BCUT2D eigenvalue weighted by molar-refractivity contribution is 5.97. The van der Waals surface area contributed by atoms with Crippen LogP contribution >= 0.6 is 0 Å². The van der Waals surface area contributed by atoms with Crippen molar-refractivity contribution in [3.05, 3.63) is 54.2 Å². The Labute approximate surface area is 193 Å². The zero-order chi connectivity index (χ0) is 23.0. The fraction of sp³-hybridized carbons (Fsp3) is 0.417. The van der Waals surface area contributed by atoms with E-state index in [9.17, 15) is 14.4 Å². The highest BCUT2D eigenvalue weighted by Crippen LogP contribution is 2.16. The van der Waals surface area contributed by atoms with Crippen molar-refractivity contribution in [3.63, 3.8) is 0 Å². The third-order valence-electron chi connectivity index (χ3n) is 5.99. The fourth-order valence-corrected chi connectivity index (χ4v) is 4.17. The maximum Gasteiger partial charge on any atom is 0.319 e. The Bertz CT molecular complexity index is 969. The molecule has 0 spiro atoms. The number of pyridine rings is 1. The number of aromatic nitrogens is 1. The van der Waals surface area contributed by atoms with Crippen LogP contribution in [0.3, 0.4) is 0 Å². The molecule has 0 bridgehead atoms. The van der Waals surface area contributed by atoms with E-state index in [1.54, 1.807) is 30.5 Å². The Morgan fingerprint density at radius 2 is 1.67 bits per heavy atom. The lowest BCUT2D eigenvalue weighted by molar-refractivity contribution is -0.131. The molecule has 2 aromatic rings. The van der Waals surface area contributed by atoms with Gasteiger partial charge in [0.2, 0.25) is 5.91 Å². The molecule has 0 unspecified atom stereocenters. The van der Waals surface area contributed by atoms with E-state index in [-0.39, 0.29) is 24.8 Å². The SMILES string of the molecule is O=C(NCCC(=O)N1CCN(c2ccccn2)CC1)Nc1cccc(C(=O)N2CCCC2)c1. The van der Waals surface area contributed by atoms with Gasteiger partial charge in [0.1, 0.15) is 5.82 Å². The van der Waals surface area contributed by atoms with Gasteiger partial charge in [0.05, 0.1) is 0 Å². The molecule has 2 aliphatic rings. The van der Waals surface area contributed by atoms with Gasteiger partial charge >= 0.3 is 6.03 Å². The normalized spacial score (nSPS) is 15.9. The van der Waals surface area contributed by atoms with Gasteiger partial charge in [0, 0.05) is 69.7 Å². The van der Waals surface area contributed by atoms with Crippen LogP contribution in [0.25, 0.3) is 0 Å². The zero-order valence-corrected chi connectivity index (χ0v) is 18.7. The van der Waals surface area contributed by atoms with Crippen molar-refractivity contribution in [2.75, 3.05) is 56.0 Å². The topological polar surface area (TPSA) is 97.9 Å². The molecule has 4 amide bonds. The number of urea groups is 1. The summed E-state index contributed by atoms with van der Waals surface area (Å²) in [5, 5.41) is 5.47. The molecule has 1 aromatic heterocycles. The highest BCUT2D eigenvalue weighted by atomic mass is 16.2. The van der Waals surface area contributed by atoms with Crippen LogP contribution in [0.15, 0.2) is 48.7 Å². The summed E-state index contributed by atoms with van der Waals surface area (Å²) < 4.78 is 0. The van der Waals surface area contributed by atoms with Gasteiger partial charge in [0.25, 0.3) is 5.91 Å². The molecule has 0 saturated carbocycles. The maximum absolute atomic E-state index is 12.5. The van der Waals surface area contributed by atoms with Crippen LogP contribution in [0.4, 0.5) is 16.3 Å². The second-order valence-electron chi connectivity index (χ2n) is 8.27. The van der Waals surface area contributed by atoms with Crippen LogP contribution in [0.5, 0.6) is 0 Å². The van der Waals surface area contributed by atoms with Crippen molar-refractivity contribution < 1.29 is 14.4 Å². The van der Waals surface area contributed by atoms with E-state index in [0.29, 0.717) is 24.3 Å². The molecule has 1 aromatic carbocycles. The molecule has 4 rings (SSSR count). The predicted octanol–water partition coefficient (Wildman–Crippen LogP) is 2.18. The lowest BCUT2D eigenvalue weighted by Crippen LogP contribution is -2.49. The monoisotopic (exact) mass is 450 g/mol. The van der Waals surface area contributed by atoms with E-state index in [4.69, 9.17) is 0 Å². The van der Waals surface area contributed by atoms with Crippen LogP contribution in [0.1, 0.15) is 29.6 Å². The average Bonchev–Trinajstić information content (AvgIpc) is 3.39. The third-order valence-corrected chi connectivity index (χ3v) is 5.99. The number of benzene rings is 1. The summed E-state index contributed by atoms with van der Waals surface area (Å²) in [4.78, 5) is 47.5. The lowest BCUT2D eigenvalue weighted by Gasteiger charge is -2.35. The lowest BCUT2D eigenvalue weighted by atomic mass is 10.2. The van der Waals surface area contributed by atoms with Crippen LogP contribution in [0, 0.1) is 0 Å². The summed E-state index contributed by atoms with van der Waals surface area (Å²) in [6, 6.07) is 12.4. The van der Waals surface area contributed by atoms with E-state index in [2.05, 4.69) is 20.5 Å². The number of carbonyl (C=O) groups is 3. The third kappa shape index (κ3) is 6.00. The Morgan fingerprint density at radius 3 is 2.39 bits per heavy atom. The number of nitrogens with one attached hydrogen (secondary N) is 2. The number of hydrogen-bond donors (Lipinski definition) is 2. The van der Waals surface area contributed by atoms with Gasteiger partial charge in [-0.3, -0.25) is 9.59 Å². The number of rotatable bonds is 6. The summed E-state index contributed by atoms with van der Waals surface area (Å²) in [5.74, 6) is 0.939. The first kappa shape index (κ1) is 22.6. The Hall–Kier alpha value is -3.62. The smallest absolute Gasteiger partial charge is 0.319 e. The average molecular weight is 451 g/mol. The molecule has 2 aliphatic heterocycles. The minimum atomic E-state index is -0.395. The second kappa shape index (κ2) is 10.8. The summed E-state index contributed by atoms with van der Waals surface area (Å²) in [6.45, 7) is 4.56. The zero-order valence-electron chi connectivity index (χ0n) is 18.7. The molecule has 9 heteroatoms. The highest BCUT2D eigenvalue weighted by Gasteiger charge is 2.22. The second-order valence-corrected chi connectivity index (χ2v) is 8.27. The standard InChI is InChI=1S/C24H30N6O3/c31-22(29-16-14-28(15-17-29)21-8-1-2-10-25-21)9-11-26-24(33)27-20-7-5-6-19(18-20)23(32)30-12-3-4-13-30/h1-2,5-8,10,18H,3-4,9,11-17H2,(H2,26,27,33). The molecule has 2 saturated heterocycles. The van der Waals surface area contributed by atoms with Gasteiger partial charge in [-0.15, -0.1) is 0 Å². The van der Waals surface area contributed by atoms with Crippen LogP contribution in [0.2, 0.25) is 0 Å². The molecule has 3 heterocycles. The van der Waals surface area contributed by atoms with Crippen molar-refractivity contribution in [1.29, 1.82) is 0 Å². The van der Waals surface area contributed by atoms with E-state index in [1.165, 1.54) is 0 Å². The molecule has 9 nitrogen and oxygen atoms in total. The summed E-state index contributed by atoms with van der Waals surface area (Å²) in [5.41, 5.74) is 1.12.